The molecule has 0 bridgehead atoms. The number of amides is 1. The number of aromatic carboxylic acids is 1. The number of nitrogens with one attached hydrogen (secondary N) is 2. The van der Waals surface area contributed by atoms with E-state index in [1.165, 1.54) is 12.1 Å². The van der Waals surface area contributed by atoms with E-state index in [0.717, 1.165) is 28.9 Å². The van der Waals surface area contributed by atoms with Crippen LogP contribution in [0.4, 0.5) is 11.4 Å². The fourth-order valence-corrected chi connectivity index (χ4v) is 3.70. The van der Waals surface area contributed by atoms with Gasteiger partial charge in [0.25, 0.3) is 5.91 Å². The number of nitrogens with zero attached hydrogens (tertiary/aromatic N) is 1. The normalized spacial score (nSPS) is 10.2. The fraction of sp³-hybridized carbons (Fsp3) is 0.0741. The minimum absolute atomic E-state index is 0. The van der Waals surface area contributed by atoms with Crippen LogP contribution < -0.4 is 40.2 Å². The Morgan fingerprint density at radius 3 is 2.37 bits per heavy atom. The summed E-state index contributed by atoms with van der Waals surface area (Å²) in [5.41, 5.74) is 4.09. The van der Waals surface area contributed by atoms with Gasteiger partial charge in [0.1, 0.15) is 5.75 Å². The van der Waals surface area contributed by atoms with Gasteiger partial charge < -0.3 is 22.3 Å². The Balaban J connectivity index is 0.00000228. The zero-order valence-corrected chi connectivity index (χ0v) is 21.4. The number of benzene rings is 3. The molecule has 0 radical (unpaired) electrons. The number of hydrogen-bond acceptors (Lipinski definition) is 5. The number of para-hydroxylation sites is 1. The number of phenolic OH excluding ortho intramolecular Hbond substituents is 1. The van der Waals surface area contributed by atoms with E-state index in [2.05, 4.69) is 15.6 Å². The summed E-state index contributed by atoms with van der Waals surface area (Å²) in [5, 5.41) is 26.0. The second-order valence-electron chi connectivity index (χ2n) is 7.57. The van der Waals surface area contributed by atoms with Crippen molar-refractivity contribution >= 4 is 23.3 Å². The second-order valence-corrected chi connectivity index (χ2v) is 7.57. The molecule has 4 aromatic rings. The Morgan fingerprint density at radius 2 is 1.66 bits per heavy atom. The molecule has 0 unspecified atom stereocenters. The van der Waals surface area contributed by atoms with Gasteiger partial charge in [0.2, 0.25) is 0 Å². The van der Waals surface area contributed by atoms with E-state index in [-0.39, 0.29) is 53.5 Å². The van der Waals surface area contributed by atoms with E-state index in [9.17, 15) is 19.8 Å². The van der Waals surface area contributed by atoms with Crippen molar-refractivity contribution in [1.29, 1.82) is 0 Å². The first-order valence-corrected chi connectivity index (χ1v) is 10.7. The summed E-state index contributed by atoms with van der Waals surface area (Å²) in [4.78, 5) is 29.0. The Bertz CT molecular complexity index is 1370. The van der Waals surface area contributed by atoms with Gasteiger partial charge in [-0.25, -0.2) is 4.79 Å². The van der Waals surface area contributed by atoms with Crippen molar-refractivity contribution in [2.45, 2.75) is 6.92 Å². The Kier molecular flexibility index (Phi) is 8.65. The van der Waals surface area contributed by atoms with E-state index < -0.39 is 11.9 Å². The van der Waals surface area contributed by atoms with Gasteiger partial charge in [0.05, 0.1) is 16.8 Å². The zero-order valence-electron chi connectivity index (χ0n) is 20.4. The molecule has 35 heavy (non-hydrogen) atoms. The van der Waals surface area contributed by atoms with Gasteiger partial charge in [0.15, 0.2) is 0 Å². The van der Waals surface area contributed by atoms with Crippen molar-refractivity contribution in [3.05, 3.63) is 96.3 Å². The maximum Gasteiger partial charge on any atom is 1.00 e. The largest absolute Gasteiger partial charge is 1.00 e. The van der Waals surface area contributed by atoms with Crippen LogP contribution >= 0.6 is 0 Å². The maximum atomic E-state index is 13.1. The number of pyridine rings is 1. The molecular formula is C27H24N3NaO4. The molecule has 4 N–H and O–H groups in total. The summed E-state index contributed by atoms with van der Waals surface area (Å²) < 4.78 is 0. The number of anilines is 2. The number of carbonyl (C=O) groups is 2. The number of aromatic hydroxyl groups is 1. The molecule has 0 spiro atoms. The predicted molar refractivity (Wildman–Crippen MR) is 133 cm³/mol. The van der Waals surface area contributed by atoms with Gasteiger partial charge in [-0.05, 0) is 54.4 Å². The topological polar surface area (TPSA) is 112 Å². The van der Waals surface area contributed by atoms with Crippen molar-refractivity contribution < 1.29 is 50.8 Å². The summed E-state index contributed by atoms with van der Waals surface area (Å²) in [6, 6.07) is 20.7. The number of phenols is 1. The third-order valence-electron chi connectivity index (χ3n) is 5.34. The molecule has 1 aromatic heterocycles. The molecule has 0 saturated heterocycles. The van der Waals surface area contributed by atoms with Crippen molar-refractivity contribution in [3.8, 4) is 28.0 Å². The summed E-state index contributed by atoms with van der Waals surface area (Å²) in [6.45, 7) is 2.71. The van der Waals surface area contributed by atoms with E-state index in [1.807, 2.05) is 37.3 Å². The number of carboxylic acid groups (broad SMARTS) is 1. The number of carboxylic acids is 1. The molecular weight excluding hydrogens is 453 g/mol. The van der Waals surface area contributed by atoms with Crippen LogP contribution in [0.1, 0.15) is 29.1 Å². The van der Waals surface area contributed by atoms with Crippen LogP contribution in [-0.4, -0.2) is 33.6 Å². The number of rotatable bonds is 7. The molecule has 7 nitrogen and oxygen atoms in total. The molecule has 0 aliphatic rings. The minimum Gasteiger partial charge on any atom is -1.00 e. The van der Waals surface area contributed by atoms with Crippen LogP contribution in [0.2, 0.25) is 0 Å². The molecule has 3 aromatic carbocycles. The molecule has 0 atom stereocenters. The third kappa shape index (κ3) is 5.89. The van der Waals surface area contributed by atoms with Gasteiger partial charge in [-0.15, -0.1) is 0 Å². The number of aromatic nitrogens is 1. The SMILES string of the molecule is CCNc1ccccc1-c1ccc(C(=O)O)c(NC(=O)c2cc(-c3cccnc3)ccc2O)c1.[H-].[Na+]. The van der Waals surface area contributed by atoms with Crippen LogP contribution in [0.5, 0.6) is 5.75 Å². The third-order valence-corrected chi connectivity index (χ3v) is 5.34. The second kappa shape index (κ2) is 11.7. The molecule has 4 rings (SSSR count). The summed E-state index contributed by atoms with van der Waals surface area (Å²) in [5.74, 6) is -2.01. The van der Waals surface area contributed by atoms with Crippen LogP contribution in [0, 0.1) is 0 Å². The first kappa shape index (κ1) is 26.0. The molecule has 0 aliphatic carbocycles. The number of hydrogen-bond donors (Lipinski definition) is 4. The Labute approximate surface area is 226 Å². The van der Waals surface area contributed by atoms with Crippen molar-refractivity contribution in [2.75, 3.05) is 17.2 Å². The minimum atomic E-state index is -1.17. The van der Waals surface area contributed by atoms with Crippen LogP contribution in [0.3, 0.4) is 0 Å². The van der Waals surface area contributed by atoms with Crippen molar-refractivity contribution in [2.24, 2.45) is 0 Å². The summed E-state index contributed by atoms with van der Waals surface area (Å²) >= 11 is 0. The predicted octanol–water partition coefficient (Wildman–Crippen LogP) is 2.62. The molecule has 172 valence electrons. The summed E-state index contributed by atoms with van der Waals surface area (Å²) in [7, 11) is 0. The molecule has 0 fully saturated rings. The molecule has 1 heterocycles. The first-order chi connectivity index (χ1) is 16.5. The quantitative estimate of drug-likeness (QED) is 0.305. The average molecular weight is 477 g/mol. The number of carbonyl (C=O) groups excluding carboxylic acids is 1. The van der Waals surface area contributed by atoms with Crippen LogP contribution in [0.25, 0.3) is 22.3 Å². The van der Waals surface area contributed by atoms with Gasteiger partial charge in [-0.1, -0.05) is 36.4 Å². The first-order valence-electron chi connectivity index (χ1n) is 10.7. The Morgan fingerprint density at radius 1 is 0.886 bits per heavy atom. The van der Waals surface area contributed by atoms with Crippen molar-refractivity contribution in [1.82, 2.24) is 4.98 Å². The van der Waals surface area contributed by atoms with Crippen LogP contribution in [-0.2, 0) is 0 Å². The zero-order chi connectivity index (χ0) is 24.1. The van der Waals surface area contributed by atoms with E-state index in [4.69, 9.17) is 0 Å². The molecule has 1 amide bonds. The Hall–Kier alpha value is -3.65. The maximum absolute atomic E-state index is 13.1. The molecule has 0 saturated carbocycles. The molecule has 0 aliphatic heterocycles. The monoisotopic (exact) mass is 477 g/mol. The van der Waals surface area contributed by atoms with E-state index >= 15 is 0 Å². The fourth-order valence-electron chi connectivity index (χ4n) is 3.70. The standard InChI is InChI=1S/C27H23N3O4.Na.H/c1-2-29-23-8-4-3-7-20(23)18-9-11-21(27(33)34)24(15-18)30-26(32)22-14-17(10-12-25(22)31)19-6-5-13-28-16-19;;/h3-16,29,31H,2H2,1H3,(H,30,32)(H,33,34);;/q;+1;-1. The van der Waals surface area contributed by atoms with Crippen molar-refractivity contribution in [3.63, 3.8) is 0 Å². The average Bonchev–Trinajstić information content (AvgIpc) is 2.85. The van der Waals surface area contributed by atoms with Gasteiger partial charge in [-0.3, -0.25) is 9.78 Å². The smallest absolute Gasteiger partial charge is 1.00 e. The van der Waals surface area contributed by atoms with Crippen LogP contribution in [0.15, 0.2) is 85.2 Å². The van der Waals surface area contributed by atoms with E-state index in [1.54, 1.807) is 42.7 Å². The molecule has 8 heteroatoms. The summed E-state index contributed by atoms with van der Waals surface area (Å²) in [6.07, 6.45) is 3.30. The van der Waals surface area contributed by atoms with Gasteiger partial charge >= 0.3 is 35.5 Å². The van der Waals surface area contributed by atoms with E-state index in [0.29, 0.717) is 5.56 Å². The van der Waals surface area contributed by atoms with Gasteiger partial charge in [0, 0.05) is 35.8 Å². The van der Waals surface area contributed by atoms with Gasteiger partial charge in [-0.2, -0.15) is 0 Å².